The zero-order valence-electron chi connectivity index (χ0n) is 10.7. The topological polar surface area (TPSA) is 37.4 Å². The predicted octanol–water partition coefficient (Wildman–Crippen LogP) is 2.31. The Balaban J connectivity index is 1.74. The van der Waals surface area contributed by atoms with Gasteiger partial charge in [-0.05, 0) is 37.3 Å². The Morgan fingerprint density at radius 1 is 0.947 bits per heavy atom. The highest BCUT2D eigenvalue weighted by atomic mass is 16.2. The van der Waals surface area contributed by atoms with Crippen molar-refractivity contribution < 1.29 is 9.59 Å². The molecule has 0 N–H and O–H groups in total. The third-order valence-corrected chi connectivity index (χ3v) is 4.76. The van der Waals surface area contributed by atoms with Crippen LogP contribution in [0.1, 0.15) is 12.0 Å². The molecule has 1 aliphatic heterocycles. The molecular weight excluding hydrogens is 238 g/mol. The van der Waals surface area contributed by atoms with Crippen LogP contribution >= 0.6 is 0 Å². The molecule has 1 aromatic rings. The summed E-state index contributed by atoms with van der Waals surface area (Å²) in [6.45, 7) is 2.00. The number of carbonyl (C=O) groups excluding carboxylic acids is 2. The van der Waals surface area contributed by atoms with Crippen molar-refractivity contribution in [1.82, 2.24) is 0 Å². The maximum atomic E-state index is 12.5. The van der Waals surface area contributed by atoms with E-state index in [0.717, 1.165) is 17.7 Å². The third kappa shape index (κ3) is 1.33. The van der Waals surface area contributed by atoms with Gasteiger partial charge in [-0.1, -0.05) is 29.8 Å². The molecule has 3 aliphatic rings. The number of fused-ring (bicyclic) bond motifs is 5. The molecule has 4 rings (SSSR count). The Bertz CT molecular complexity index is 572. The first-order valence-electron chi connectivity index (χ1n) is 6.79. The Morgan fingerprint density at radius 2 is 1.47 bits per heavy atom. The molecule has 2 aliphatic carbocycles. The van der Waals surface area contributed by atoms with Gasteiger partial charge in [-0.25, -0.2) is 0 Å². The van der Waals surface area contributed by atoms with Crippen LogP contribution in [0.25, 0.3) is 0 Å². The van der Waals surface area contributed by atoms with Crippen LogP contribution in [0, 0.1) is 30.6 Å². The Morgan fingerprint density at radius 3 is 2.00 bits per heavy atom. The molecule has 1 saturated carbocycles. The summed E-state index contributed by atoms with van der Waals surface area (Å²) in [5.74, 6) is 0.336. The molecule has 0 spiro atoms. The Kier molecular flexibility index (Phi) is 2.06. The van der Waals surface area contributed by atoms with E-state index < -0.39 is 0 Å². The van der Waals surface area contributed by atoms with Crippen molar-refractivity contribution >= 4 is 17.5 Å². The first-order valence-corrected chi connectivity index (χ1v) is 6.79. The molecule has 0 unspecified atom stereocenters. The number of imide groups is 1. The van der Waals surface area contributed by atoms with E-state index in [-0.39, 0.29) is 35.5 Å². The van der Waals surface area contributed by atoms with Crippen LogP contribution in [0.5, 0.6) is 0 Å². The van der Waals surface area contributed by atoms with Crippen LogP contribution in [-0.2, 0) is 9.59 Å². The molecule has 0 aromatic heterocycles. The van der Waals surface area contributed by atoms with Crippen molar-refractivity contribution in [1.29, 1.82) is 0 Å². The van der Waals surface area contributed by atoms with E-state index in [1.807, 2.05) is 31.2 Å². The van der Waals surface area contributed by atoms with Crippen molar-refractivity contribution in [2.45, 2.75) is 13.3 Å². The minimum atomic E-state index is -0.108. The van der Waals surface area contributed by atoms with Gasteiger partial charge < -0.3 is 0 Å². The summed E-state index contributed by atoms with van der Waals surface area (Å²) in [5, 5.41) is 0. The van der Waals surface area contributed by atoms with Gasteiger partial charge in [0.05, 0.1) is 17.5 Å². The van der Waals surface area contributed by atoms with E-state index in [0.29, 0.717) is 0 Å². The molecule has 0 radical (unpaired) electrons. The first kappa shape index (κ1) is 11.0. The van der Waals surface area contributed by atoms with E-state index in [4.69, 9.17) is 0 Å². The molecule has 1 saturated heterocycles. The van der Waals surface area contributed by atoms with E-state index >= 15 is 0 Å². The lowest BCUT2D eigenvalue weighted by molar-refractivity contribution is -0.123. The van der Waals surface area contributed by atoms with Crippen molar-refractivity contribution in [3.63, 3.8) is 0 Å². The Hall–Kier alpha value is -1.90. The summed E-state index contributed by atoms with van der Waals surface area (Å²) < 4.78 is 0. The molecule has 2 fully saturated rings. The van der Waals surface area contributed by atoms with Gasteiger partial charge in [-0.3, -0.25) is 14.5 Å². The molecule has 2 bridgehead atoms. The summed E-state index contributed by atoms with van der Waals surface area (Å²) in [6, 6.07) is 7.61. The zero-order chi connectivity index (χ0) is 13.1. The largest absolute Gasteiger partial charge is 0.274 e. The quantitative estimate of drug-likeness (QED) is 0.569. The maximum Gasteiger partial charge on any atom is 0.238 e. The molecule has 1 aromatic carbocycles. The summed E-state index contributed by atoms with van der Waals surface area (Å²) >= 11 is 0. The fourth-order valence-electron chi connectivity index (χ4n) is 3.85. The molecule has 96 valence electrons. The average Bonchev–Trinajstić information content (AvgIpc) is 3.06. The SMILES string of the molecule is Cc1ccc(N2C(=O)[C@H]3[C@H](C2=O)[C@@H]2C=C[C@@H]3C2)cc1. The number of allylic oxidation sites excluding steroid dienone is 2. The minimum Gasteiger partial charge on any atom is -0.274 e. The number of carbonyl (C=O) groups is 2. The zero-order valence-corrected chi connectivity index (χ0v) is 10.7. The molecule has 2 amide bonds. The summed E-state index contributed by atoms with van der Waals surface area (Å²) in [4.78, 5) is 26.5. The number of rotatable bonds is 1. The fourth-order valence-corrected chi connectivity index (χ4v) is 3.85. The molecule has 19 heavy (non-hydrogen) atoms. The molecular formula is C16H15NO2. The van der Waals surface area contributed by atoms with Gasteiger partial charge in [-0.15, -0.1) is 0 Å². The summed E-state index contributed by atoms with van der Waals surface area (Å²) in [6.07, 6.45) is 5.22. The van der Waals surface area contributed by atoms with Gasteiger partial charge >= 0.3 is 0 Å². The fraction of sp³-hybridized carbons (Fsp3) is 0.375. The van der Waals surface area contributed by atoms with Gasteiger partial charge in [0, 0.05) is 0 Å². The number of nitrogens with zero attached hydrogens (tertiary/aromatic N) is 1. The molecule has 4 atom stereocenters. The lowest BCUT2D eigenvalue weighted by atomic mass is 9.85. The van der Waals surface area contributed by atoms with Crippen LogP contribution in [0.2, 0.25) is 0 Å². The number of amides is 2. The number of hydrogen-bond acceptors (Lipinski definition) is 2. The van der Waals surface area contributed by atoms with E-state index in [2.05, 4.69) is 12.2 Å². The van der Waals surface area contributed by atoms with Crippen LogP contribution in [-0.4, -0.2) is 11.8 Å². The molecule has 1 heterocycles. The first-order chi connectivity index (χ1) is 9.16. The van der Waals surface area contributed by atoms with Crippen molar-refractivity contribution in [3.8, 4) is 0 Å². The van der Waals surface area contributed by atoms with Crippen LogP contribution in [0.15, 0.2) is 36.4 Å². The number of hydrogen-bond donors (Lipinski definition) is 0. The van der Waals surface area contributed by atoms with Crippen LogP contribution < -0.4 is 4.90 Å². The minimum absolute atomic E-state index is 0.00398. The third-order valence-electron chi connectivity index (χ3n) is 4.76. The van der Waals surface area contributed by atoms with Gasteiger partial charge in [0.1, 0.15) is 0 Å². The number of anilines is 1. The van der Waals surface area contributed by atoms with Crippen LogP contribution in [0.4, 0.5) is 5.69 Å². The predicted molar refractivity (Wildman–Crippen MR) is 71.4 cm³/mol. The van der Waals surface area contributed by atoms with Crippen molar-refractivity contribution in [2.24, 2.45) is 23.7 Å². The van der Waals surface area contributed by atoms with Gasteiger partial charge in [-0.2, -0.15) is 0 Å². The lowest BCUT2D eigenvalue weighted by Gasteiger charge is -2.17. The molecule has 3 heteroatoms. The highest BCUT2D eigenvalue weighted by Crippen LogP contribution is 2.53. The maximum absolute atomic E-state index is 12.5. The second kappa shape index (κ2) is 3.56. The highest BCUT2D eigenvalue weighted by molar-refractivity contribution is 6.22. The van der Waals surface area contributed by atoms with Gasteiger partial charge in [0.25, 0.3) is 0 Å². The van der Waals surface area contributed by atoms with E-state index in [9.17, 15) is 9.59 Å². The van der Waals surface area contributed by atoms with Crippen LogP contribution in [0.3, 0.4) is 0 Å². The average molecular weight is 253 g/mol. The molecule has 3 nitrogen and oxygen atoms in total. The van der Waals surface area contributed by atoms with Gasteiger partial charge in [0.2, 0.25) is 11.8 Å². The monoisotopic (exact) mass is 253 g/mol. The summed E-state index contributed by atoms with van der Waals surface area (Å²) in [5.41, 5.74) is 1.85. The summed E-state index contributed by atoms with van der Waals surface area (Å²) in [7, 11) is 0. The van der Waals surface area contributed by atoms with Crippen molar-refractivity contribution in [2.75, 3.05) is 4.90 Å². The Labute approximate surface area is 111 Å². The lowest BCUT2D eigenvalue weighted by Crippen LogP contribution is -2.32. The van der Waals surface area contributed by atoms with E-state index in [1.165, 1.54) is 4.90 Å². The number of benzene rings is 1. The highest BCUT2D eigenvalue weighted by Gasteiger charge is 2.59. The van der Waals surface area contributed by atoms with E-state index in [1.54, 1.807) is 0 Å². The smallest absolute Gasteiger partial charge is 0.238 e. The van der Waals surface area contributed by atoms with Gasteiger partial charge in [0.15, 0.2) is 0 Å². The normalized spacial score (nSPS) is 35.3. The second-order valence-electron chi connectivity index (χ2n) is 5.85. The van der Waals surface area contributed by atoms with Crippen molar-refractivity contribution in [3.05, 3.63) is 42.0 Å². The number of aryl methyl sites for hydroxylation is 1. The standard InChI is InChI=1S/C16H15NO2/c1-9-2-6-12(7-3-9)17-15(18)13-10-4-5-11(8-10)14(13)16(17)19/h2-7,10-11,13-14H,8H2,1H3/t10-,11-,13-,14-/m1/s1. The second-order valence-corrected chi connectivity index (χ2v) is 5.85.